The smallest absolute Gasteiger partial charge is 0.244 e. The maximum atomic E-state index is 13.8. The average molecular weight is 538 g/mol. The van der Waals surface area contributed by atoms with Crippen molar-refractivity contribution in [1.82, 2.24) is 10.2 Å². The molecule has 8 nitrogen and oxygen atoms in total. The van der Waals surface area contributed by atoms with Crippen molar-refractivity contribution < 1.29 is 22.7 Å². The molecule has 0 radical (unpaired) electrons. The molecule has 0 aliphatic heterocycles. The molecule has 0 saturated carbocycles. The Kier molecular flexibility index (Phi) is 11.0. The topological polar surface area (TPSA) is 96.0 Å². The third-order valence-electron chi connectivity index (χ3n) is 5.80. The number of methoxy groups -OCH3 is 1. The second-order valence-electron chi connectivity index (χ2n) is 8.63. The van der Waals surface area contributed by atoms with Gasteiger partial charge in [0.25, 0.3) is 0 Å². The van der Waals surface area contributed by atoms with E-state index in [9.17, 15) is 18.0 Å². The largest absolute Gasteiger partial charge is 0.495 e. The lowest BCUT2D eigenvalue weighted by atomic mass is 10.1. The normalized spacial score (nSPS) is 12.1. The number of ether oxygens (including phenoxy) is 1. The van der Waals surface area contributed by atoms with E-state index >= 15 is 0 Å². The first kappa shape index (κ1) is 29.5. The first-order chi connectivity index (χ1) is 17.0. The van der Waals surface area contributed by atoms with Gasteiger partial charge in [-0.3, -0.25) is 13.9 Å². The van der Waals surface area contributed by atoms with E-state index in [1.165, 1.54) is 12.0 Å². The maximum Gasteiger partial charge on any atom is 0.244 e. The predicted octanol–water partition coefficient (Wildman–Crippen LogP) is 4.15. The molecular formula is C26H36ClN3O5S. The van der Waals surface area contributed by atoms with E-state index in [0.29, 0.717) is 29.3 Å². The van der Waals surface area contributed by atoms with E-state index in [4.69, 9.17) is 16.3 Å². The van der Waals surface area contributed by atoms with Crippen LogP contribution in [0, 0.1) is 6.92 Å². The molecule has 2 aromatic carbocycles. The molecule has 0 fully saturated rings. The number of nitrogens with zero attached hydrogens (tertiary/aromatic N) is 2. The number of sulfonamides is 1. The van der Waals surface area contributed by atoms with Gasteiger partial charge < -0.3 is 15.0 Å². The molecular weight excluding hydrogens is 502 g/mol. The third kappa shape index (κ3) is 7.86. The predicted molar refractivity (Wildman–Crippen MR) is 144 cm³/mol. The number of unbranched alkanes of at least 4 members (excludes halogenated alkanes) is 1. The number of hydrogen-bond donors (Lipinski definition) is 1. The molecule has 1 atom stereocenters. The van der Waals surface area contributed by atoms with Crippen LogP contribution < -0.4 is 14.4 Å². The molecule has 0 unspecified atom stereocenters. The Labute approximate surface area is 219 Å². The van der Waals surface area contributed by atoms with Gasteiger partial charge in [-0.25, -0.2) is 8.42 Å². The Morgan fingerprint density at radius 1 is 1.14 bits per heavy atom. The van der Waals surface area contributed by atoms with E-state index in [1.807, 2.05) is 20.8 Å². The van der Waals surface area contributed by atoms with Crippen LogP contribution in [-0.4, -0.2) is 57.6 Å². The SMILES string of the molecule is CCCCNC(=O)[C@@H](CC)N(Cc1ccccc1Cl)C(=O)CN(c1cc(C)ccc1OC)S(C)(=O)=O. The zero-order chi connectivity index (χ0) is 26.9. The minimum absolute atomic E-state index is 0.0563. The summed E-state index contributed by atoms with van der Waals surface area (Å²) in [6.45, 7) is 5.71. The zero-order valence-corrected chi connectivity index (χ0v) is 23.2. The maximum absolute atomic E-state index is 13.8. The Balaban J connectivity index is 2.49. The number of hydrogen-bond acceptors (Lipinski definition) is 5. The van der Waals surface area contributed by atoms with Crippen LogP contribution in [0.3, 0.4) is 0 Å². The van der Waals surface area contributed by atoms with Crippen molar-refractivity contribution in [1.29, 1.82) is 0 Å². The van der Waals surface area contributed by atoms with Crippen LogP contribution in [0.25, 0.3) is 0 Å². The van der Waals surface area contributed by atoms with Gasteiger partial charge in [0.05, 0.1) is 19.1 Å². The van der Waals surface area contributed by atoms with Crippen molar-refractivity contribution >= 4 is 39.1 Å². The lowest BCUT2D eigenvalue weighted by Gasteiger charge is -2.33. The molecule has 0 aromatic heterocycles. The van der Waals surface area contributed by atoms with Crippen LogP contribution in [0.2, 0.25) is 5.02 Å². The van der Waals surface area contributed by atoms with Crippen molar-refractivity contribution in [2.45, 2.75) is 52.6 Å². The lowest BCUT2D eigenvalue weighted by Crippen LogP contribution is -2.52. The molecule has 0 spiro atoms. The van der Waals surface area contributed by atoms with Gasteiger partial charge in [-0.1, -0.05) is 56.1 Å². The number of rotatable bonds is 13. The molecule has 0 heterocycles. The minimum Gasteiger partial charge on any atom is -0.495 e. The van der Waals surface area contributed by atoms with Crippen molar-refractivity contribution in [3.05, 3.63) is 58.6 Å². The number of aryl methyl sites for hydroxylation is 1. The standard InChI is InChI=1S/C26H36ClN3O5S/c1-6-8-15-28-26(32)22(7-2)29(17-20-11-9-10-12-21(20)27)25(31)18-30(36(5,33)34)23-16-19(3)13-14-24(23)35-4/h9-14,16,22H,6-8,15,17-18H2,1-5H3,(H,28,32)/t22-/m1/s1. The third-order valence-corrected chi connectivity index (χ3v) is 7.29. The van der Waals surface area contributed by atoms with E-state index in [-0.39, 0.29) is 18.1 Å². The molecule has 2 aromatic rings. The van der Waals surface area contributed by atoms with Crippen LogP contribution >= 0.6 is 11.6 Å². The number of halogens is 1. The fourth-order valence-electron chi connectivity index (χ4n) is 3.83. The summed E-state index contributed by atoms with van der Waals surface area (Å²) in [5.74, 6) is -0.493. The summed E-state index contributed by atoms with van der Waals surface area (Å²) in [5.41, 5.74) is 1.72. The number of carbonyl (C=O) groups excluding carboxylic acids is 2. The number of anilines is 1. The summed E-state index contributed by atoms with van der Waals surface area (Å²) in [6.07, 6.45) is 3.12. The van der Waals surface area contributed by atoms with Gasteiger partial charge in [0.1, 0.15) is 18.3 Å². The van der Waals surface area contributed by atoms with Crippen molar-refractivity contribution in [3.63, 3.8) is 0 Å². The highest BCUT2D eigenvalue weighted by Gasteiger charge is 2.32. The summed E-state index contributed by atoms with van der Waals surface area (Å²) in [6, 6.07) is 11.4. The monoisotopic (exact) mass is 537 g/mol. The second kappa shape index (κ2) is 13.5. The number of nitrogens with one attached hydrogen (secondary N) is 1. The van der Waals surface area contributed by atoms with Gasteiger partial charge in [0.15, 0.2) is 0 Å². The molecule has 10 heteroatoms. The Bertz CT molecular complexity index is 1160. The van der Waals surface area contributed by atoms with Gasteiger partial charge in [-0.05, 0) is 49.1 Å². The molecule has 0 saturated heterocycles. The quantitative estimate of drug-likeness (QED) is 0.387. The van der Waals surface area contributed by atoms with Crippen LogP contribution in [-0.2, 0) is 26.2 Å². The summed E-state index contributed by atoms with van der Waals surface area (Å²) in [5, 5.41) is 3.35. The Morgan fingerprint density at radius 2 is 1.83 bits per heavy atom. The molecule has 36 heavy (non-hydrogen) atoms. The fraction of sp³-hybridized carbons (Fsp3) is 0.462. The lowest BCUT2D eigenvalue weighted by molar-refractivity contribution is -0.140. The summed E-state index contributed by atoms with van der Waals surface area (Å²) in [7, 11) is -2.43. The van der Waals surface area contributed by atoms with Gasteiger partial charge in [0, 0.05) is 18.1 Å². The zero-order valence-electron chi connectivity index (χ0n) is 21.6. The van der Waals surface area contributed by atoms with E-state index < -0.39 is 28.5 Å². The van der Waals surface area contributed by atoms with Crippen molar-refractivity contribution in [2.75, 3.05) is 30.8 Å². The molecule has 2 amide bonds. The molecule has 198 valence electrons. The van der Waals surface area contributed by atoms with Crippen molar-refractivity contribution in [3.8, 4) is 5.75 Å². The van der Waals surface area contributed by atoms with Crippen molar-refractivity contribution in [2.24, 2.45) is 0 Å². The number of benzene rings is 2. The Hall–Kier alpha value is -2.78. The molecule has 0 aliphatic carbocycles. The van der Waals surface area contributed by atoms with Gasteiger partial charge in [-0.2, -0.15) is 0 Å². The van der Waals surface area contributed by atoms with E-state index in [1.54, 1.807) is 42.5 Å². The minimum atomic E-state index is -3.87. The summed E-state index contributed by atoms with van der Waals surface area (Å²) < 4.78 is 32.1. The highest BCUT2D eigenvalue weighted by atomic mass is 35.5. The molecule has 0 bridgehead atoms. The first-order valence-corrected chi connectivity index (χ1v) is 14.2. The van der Waals surface area contributed by atoms with Crippen LogP contribution in [0.4, 0.5) is 5.69 Å². The Morgan fingerprint density at radius 3 is 2.42 bits per heavy atom. The number of carbonyl (C=O) groups is 2. The second-order valence-corrected chi connectivity index (χ2v) is 10.9. The fourth-order valence-corrected chi connectivity index (χ4v) is 4.87. The van der Waals surface area contributed by atoms with E-state index in [2.05, 4.69) is 5.32 Å². The van der Waals surface area contributed by atoms with Gasteiger partial charge >= 0.3 is 0 Å². The molecule has 2 rings (SSSR count). The highest BCUT2D eigenvalue weighted by molar-refractivity contribution is 7.92. The van der Waals surface area contributed by atoms with Gasteiger partial charge in [0.2, 0.25) is 21.8 Å². The van der Waals surface area contributed by atoms with Crippen LogP contribution in [0.5, 0.6) is 5.75 Å². The molecule has 0 aliphatic rings. The van der Waals surface area contributed by atoms with E-state index in [0.717, 1.165) is 29.0 Å². The average Bonchev–Trinajstić information content (AvgIpc) is 2.82. The van der Waals surface area contributed by atoms with Gasteiger partial charge in [-0.15, -0.1) is 0 Å². The van der Waals surface area contributed by atoms with Crippen LogP contribution in [0.1, 0.15) is 44.2 Å². The summed E-state index contributed by atoms with van der Waals surface area (Å²) >= 11 is 6.37. The summed E-state index contributed by atoms with van der Waals surface area (Å²) in [4.78, 5) is 28.2. The van der Waals surface area contributed by atoms with Crippen LogP contribution in [0.15, 0.2) is 42.5 Å². The first-order valence-electron chi connectivity index (χ1n) is 12.0. The molecule has 1 N–H and O–H groups in total. The number of amides is 2. The highest BCUT2D eigenvalue weighted by Crippen LogP contribution is 2.31.